The summed E-state index contributed by atoms with van der Waals surface area (Å²) in [5.74, 6) is 0.153. The third-order valence-corrected chi connectivity index (χ3v) is 3.30. The number of nitrogens with zero attached hydrogens (tertiary/aromatic N) is 2. The van der Waals surface area contributed by atoms with Crippen LogP contribution in [0, 0.1) is 0 Å². The van der Waals surface area contributed by atoms with Gasteiger partial charge in [-0.1, -0.05) is 6.92 Å². The van der Waals surface area contributed by atoms with Gasteiger partial charge in [-0.2, -0.15) is 0 Å². The normalized spacial score (nSPS) is 10.6. The Hall–Kier alpha value is -1.62. The first kappa shape index (κ1) is 10.9. The zero-order valence-corrected chi connectivity index (χ0v) is 9.70. The van der Waals surface area contributed by atoms with Crippen molar-refractivity contribution in [3.05, 3.63) is 40.1 Å². The molecule has 0 saturated heterocycles. The molecule has 84 valence electrons. The van der Waals surface area contributed by atoms with E-state index in [0.717, 1.165) is 17.8 Å². The molecule has 0 unspecified atom stereocenters. The Morgan fingerprint density at radius 3 is 3.06 bits per heavy atom. The molecule has 0 aromatic carbocycles. The average Bonchev–Trinajstić information content (AvgIpc) is 2.87. The van der Waals surface area contributed by atoms with Gasteiger partial charge in [0.05, 0.1) is 0 Å². The van der Waals surface area contributed by atoms with Crippen LogP contribution in [-0.4, -0.2) is 20.6 Å². The molecule has 0 atom stereocenters. The fraction of sp³-hybridized carbons (Fsp3) is 0.273. The quantitative estimate of drug-likeness (QED) is 0.885. The van der Waals surface area contributed by atoms with Crippen molar-refractivity contribution in [1.82, 2.24) is 9.55 Å². The first-order chi connectivity index (χ1) is 7.70. The molecular formula is C11H12N2O2S. The van der Waals surface area contributed by atoms with Gasteiger partial charge in [-0.3, -0.25) is 0 Å². The maximum Gasteiger partial charge on any atom is 0.345 e. The topological polar surface area (TPSA) is 55.1 Å². The molecule has 2 rings (SSSR count). The van der Waals surface area contributed by atoms with Gasteiger partial charge in [0, 0.05) is 25.4 Å². The van der Waals surface area contributed by atoms with E-state index in [1.54, 1.807) is 12.3 Å². The van der Waals surface area contributed by atoms with Crippen molar-refractivity contribution in [3.8, 4) is 0 Å². The molecule has 0 saturated carbocycles. The van der Waals surface area contributed by atoms with Gasteiger partial charge in [-0.25, -0.2) is 9.78 Å². The van der Waals surface area contributed by atoms with Crippen LogP contribution >= 0.6 is 11.3 Å². The summed E-state index contributed by atoms with van der Waals surface area (Å²) in [6.45, 7) is 2.74. The number of rotatable bonds is 4. The van der Waals surface area contributed by atoms with Gasteiger partial charge in [-0.15, -0.1) is 11.3 Å². The monoisotopic (exact) mass is 236 g/mol. The largest absolute Gasteiger partial charge is 0.477 e. The van der Waals surface area contributed by atoms with E-state index in [1.807, 2.05) is 16.1 Å². The van der Waals surface area contributed by atoms with Gasteiger partial charge >= 0.3 is 5.97 Å². The second-order valence-electron chi connectivity index (χ2n) is 3.45. The van der Waals surface area contributed by atoms with E-state index < -0.39 is 5.97 Å². The molecule has 0 fully saturated rings. The third-order valence-electron chi connectivity index (χ3n) is 2.34. The zero-order chi connectivity index (χ0) is 11.5. The molecule has 2 heterocycles. The van der Waals surface area contributed by atoms with Crippen LogP contribution in [0.25, 0.3) is 0 Å². The maximum atomic E-state index is 10.7. The van der Waals surface area contributed by atoms with Crippen molar-refractivity contribution < 1.29 is 9.90 Å². The molecular weight excluding hydrogens is 224 g/mol. The van der Waals surface area contributed by atoms with Gasteiger partial charge < -0.3 is 9.67 Å². The van der Waals surface area contributed by atoms with E-state index in [9.17, 15) is 4.79 Å². The van der Waals surface area contributed by atoms with Crippen LogP contribution in [0.3, 0.4) is 0 Å². The highest BCUT2D eigenvalue weighted by molar-refractivity contribution is 7.12. The summed E-state index contributed by atoms with van der Waals surface area (Å²) < 4.78 is 2.04. The Morgan fingerprint density at radius 2 is 2.44 bits per heavy atom. The minimum Gasteiger partial charge on any atom is -0.477 e. The van der Waals surface area contributed by atoms with Crippen LogP contribution < -0.4 is 0 Å². The van der Waals surface area contributed by atoms with Crippen molar-refractivity contribution >= 4 is 17.3 Å². The number of hydrogen-bond acceptors (Lipinski definition) is 3. The summed E-state index contributed by atoms with van der Waals surface area (Å²) in [5.41, 5.74) is 1.01. The fourth-order valence-corrected chi connectivity index (χ4v) is 2.31. The Balaban J connectivity index is 2.17. The number of imidazole rings is 1. The van der Waals surface area contributed by atoms with E-state index in [1.165, 1.54) is 11.3 Å². The maximum absolute atomic E-state index is 10.7. The number of aromatic nitrogens is 2. The summed E-state index contributed by atoms with van der Waals surface area (Å²) in [6.07, 6.45) is 4.56. The predicted octanol–water partition coefficient (Wildman–Crippen LogP) is 2.25. The van der Waals surface area contributed by atoms with Crippen LogP contribution in [0.2, 0.25) is 0 Å². The second kappa shape index (κ2) is 4.49. The molecule has 1 N–H and O–H groups in total. The first-order valence-electron chi connectivity index (χ1n) is 5.01. The van der Waals surface area contributed by atoms with E-state index in [2.05, 4.69) is 11.9 Å². The number of aromatic carboxylic acids is 1. The SMILES string of the molecule is CCc1nccn1Cc1csc(C(=O)O)c1. The Kier molecular flexibility index (Phi) is 3.05. The summed E-state index contributed by atoms with van der Waals surface area (Å²) in [4.78, 5) is 15.3. The number of carboxylic acid groups (broad SMARTS) is 1. The van der Waals surface area contributed by atoms with E-state index >= 15 is 0 Å². The molecule has 2 aromatic heterocycles. The summed E-state index contributed by atoms with van der Waals surface area (Å²) in [7, 11) is 0. The number of carbonyl (C=O) groups is 1. The second-order valence-corrected chi connectivity index (χ2v) is 4.36. The van der Waals surface area contributed by atoms with Crippen LogP contribution in [0.5, 0.6) is 0 Å². The molecule has 0 aliphatic carbocycles. The molecule has 5 heteroatoms. The molecule has 2 aromatic rings. The van der Waals surface area contributed by atoms with Crippen molar-refractivity contribution in [2.75, 3.05) is 0 Å². The highest BCUT2D eigenvalue weighted by Gasteiger charge is 2.08. The van der Waals surface area contributed by atoms with Gasteiger partial charge in [-0.05, 0) is 17.0 Å². The predicted molar refractivity (Wildman–Crippen MR) is 62.0 cm³/mol. The summed E-state index contributed by atoms with van der Waals surface area (Å²) in [6, 6.07) is 1.71. The Labute approximate surface area is 97.2 Å². The van der Waals surface area contributed by atoms with Crippen LogP contribution in [0.1, 0.15) is 28.0 Å². The van der Waals surface area contributed by atoms with Gasteiger partial charge in [0.25, 0.3) is 0 Å². The molecule has 0 radical (unpaired) electrons. The molecule has 0 aliphatic rings. The lowest BCUT2D eigenvalue weighted by molar-refractivity contribution is 0.0702. The molecule has 4 nitrogen and oxygen atoms in total. The standard InChI is InChI=1S/C11H12N2O2S/c1-2-10-12-3-4-13(10)6-8-5-9(11(14)15)16-7-8/h3-5,7H,2,6H2,1H3,(H,14,15). The van der Waals surface area contributed by atoms with Gasteiger partial charge in [0.1, 0.15) is 10.7 Å². The first-order valence-corrected chi connectivity index (χ1v) is 5.89. The van der Waals surface area contributed by atoms with Crippen LogP contribution in [-0.2, 0) is 13.0 Å². The molecule has 0 bridgehead atoms. The van der Waals surface area contributed by atoms with Crippen LogP contribution in [0.15, 0.2) is 23.8 Å². The van der Waals surface area contributed by atoms with E-state index in [0.29, 0.717) is 11.4 Å². The van der Waals surface area contributed by atoms with Gasteiger partial charge in [0.15, 0.2) is 0 Å². The molecule has 0 aliphatic heterocycles. The highest BCUT2D eigenvalue weighted by atomic mass is 32.1. The lowest BCUT2D eigenvalue weighted by Crippen LogP contribution is -2.02. The smallest absolute Gasteiger partial charge is 0.345 e. The Morgan fingerprint density at radius 1 is 1.62 bits per heavy atom. The Bertz CT molecular complexity index is 502. The van der Waals surface area contributed by atoms with Crippen molar-refractivity contribution in [3.63, 3.8) is 0 Å². The lowest BCUT2D eigenvalue weighted by Gasteiger charge is -2.03. The van der Waals surface area contributed by atoms with Crippen LogP contribution in [0.4, 0.5) is 0 Å². The molecule has 0 spiro atoms. The average molecular weight is 236 g/mol. The lowest BCUT2D eigenvalue weighted by atomic mass is 10.3. The minimum absolute atomic E-state index is 0.383. The number of aryl methyl sites for hydroxylation is 1. The number of carboxylic acids is 1. The minimum atomic E-state index is -0.863. The van der Waals surface area contributed by atoms with Crippen molar-refractivity contribution in [2.24, 2.45) is 0 Å². The number of hydrogen-bond donors (Lipinski definition) is 1. The van der Waals surface area contributed by atoms with E-state index in [-0.39, 0.29) is 0 Å². The number of thiophene rings is 1. The van der Waals surface area contributed by atoms with Crippen molar-refractivity contribution in [1.29, 1.82) is 0 Å². The van der Waals surface area contributed by atoms with Gasteiger partial charge in [0.2, 0.25) is 0 Å². The zero-order valence-electron chi connectivity index (χ0n) is 8.88. The molecule has 16 heavy (non-hydrogen) atoms. The highest BCUT2D eigenvalue weighted by Crippen LogP contribution is 2.16. The van der Waals surface area contributed by atoms with E-state index in [4.69, 9.17) is 5.11 Å². The summed E-state index contributed by atoms with van der Waals surface area (Å²) in [5, 5.41) is 10.7. The van der Waals surface area contributed by atoms with Crippen molar-refractivity contribution in [2.45, 2.75) is 19.9 Å². The fourth-order valence-electron chi connectivity index (χ4n) is 1.57. The molecule has 0 amide bonds. The third kappa shape index (κ3) is 2.14. The summed E-state index contributed by atoms with van der Waals surface area (Å²) >= 11 is 1.26.